The summed E-state index contributed by atoms with van der Waals surface area (Å²) in [5, 5.41) is 2.59. The van der Waals surface area contributed by atoms with Crippen molar-refractivity contribution in [1.29, 1.82) is 0 Å². The molecule has 0 radical (unpaired) electrons. The second kappa shape index (κ2) is 5.47. The van der Waals surface area contributed by atoms with E-state index in [1.165, 1.54) is 6.07 Å². The van der Waals surface area contributed by atoms with E-state index < -0.39 is 5.82 Å². The summed E-state index contributed by atoms with van der Waals surface area (Å²) in [6, 6.07) is 4.99. The van der Waals surface area contributed by atoms with E-state index in [0.717, 1.165) is 0 Å². The van der Waals surface area contributed by atoms with Crippen molar-refractivity contribution in [2.24, 2.45) is 5.92 Å². The zero-order chi connectivity index (χ0) is 16.8. The number of halogens is 1. The van der Waals surface area contributed by atoms with Crippen molar-refractivity contribution in [1.82, 2.24) is 15.2 Å². The molecule has 24 heavy (non-hydrogen) atoms. The minimum atomic E-state index is -0.414. The van der Waals surface area contributed by atoms with Gasteiger partial charge < -0.3 is 19.5 Å². The number of amides is 2. The van der Waals surface area contributed by atoms with Gasteiger partial charge in [-0.25, -0.2) is 4.39 Å². The number of anilines is 1. The fourth-order valence-corrected chi connectivity index (χ4v) is 3.31. The second-order valence-corrected chi connectivity index (χ2v) is 6.20. The predicted molar refractivity (Wildman–Crippen MR) is 83.9 cm³/mol. The molecule has 3 heterocycles. The zero-order valence-corrected chi connectivity index (χ0v) is 13.2. The second-order valence-electron chi connectivity index (χ2n) is 6.20. The molecule has 0 saturated carbocycles. The molecule has 8 heteroatoms. The smallest absolute Gasteiger partial charge is 0.298 e. The highest BCUT2D eigenvalue weighted by Gasteiger charge is 2.43. The molecular weight excluding hydrogens is 315 g/mol. The Kier molecular flexibility index (Phi) is 3.40. The van der Waals surface area contributed by atoms with E-state index in [1.54, 1.807) is 24.1 Å². The minimum absolute atomic E-state index is 0.00291. The average Bonchev–Trinajstić information content (AvgIpc) is 3.11. The third kappa shape index (κ3) is 2.29. The van der Waals surface area contributed by atoms with Crippen LogP contribution in [0.15, 0.2) is 22.6 Å². The first-order chi connectivity index (χ1) is 11.6. The summed E-state index contributed by atoms with van der Waals surface area (Å²) in [5.74, 6) is -0.800. The number of hydrogen-bond donors (Lipinski definition) is 1. The lowest BCUT2D eigenvalue weighted by Gasteiger charge is -2.43. The standard InChI is InChI=1S/C16H17FN4O3/c1-18-15(23)9-5-13(22)21(6-9)10-7-20(8-10)16-19-14-11(17)3-2-4-12(14)24-16/h2-4,9-10H,5-8H2,1H3,(H,18,23). The van der Waals surface area contributed by atoms with Crippen molar-refractivity contribution in [3.63, 3.8) is 0 Å². The number of nitrogens with one attached hydrogen (secondary N) is 1. The first-order valence-electron chi connectivity index (χ1n) is 7.88. The maximum atomic E-state index is 13.7. The van der Waals surface area contributed by atoms with Crippen LogP contribution in [0.1, 0.15) is 6.42 Å². The summed E-state index contributed by atoms with van der Waals surface area (Å²) in [6.07, 6.45) is 0.254. The largest absolute Gasteiger partial charge is 0.423 e. The maximum Gasteiger partial charge on any atom is 0.298 e. The Morgan fingerprint density at radius 1 is 1.38 bits per heavy atom. The highest BCUT2D eigenvalue weighted by Crippen LogP contribution is 2.30. The van der Waals surface area contributed by atoms with Crippen LogP contribution >= 0.6 is 0 Å². The Balaban J connectivity index is 1.43. The molecule has 0 spiro atoms. The van der Waals surface area contributed by atoms with Gasteiger partial charge in [-0.05, 0) is 12.1 Å². The van der Waals surface area contributed by atoms with Crippen molar-refractivity contribution >= 4 is 28.9 Å². The van der Waals surface area contributed by atoms with E-state index in [9.17, 15) is 14.0 Å². The number of likely N-dealkylation sites (tertiary alicyclic amines) is 1. The molecule has 2 fully saturated rings. The summed E-state index contributed by atoms with van der Waals surface area (Å²) in [5.41, 5.74) is 0.623. The summed E-state index contributed by atoms with van der Waals surface area (Å²) in [6.45, 7) is 1.58. The SMILES string of the molecule is CNC(=O)C1CC(=O)N(C2CN(c3nc4c(F)cccc4o3)C2)C1. The van der Waals surface area contributed by atoms with Gasteiger partial charge in [-0.1, -0.05) is 6.07 Å². The molecule has 4 rings (SSSR count). The van der Waals surface area contributed by atoms with E-state index in [4.69, 9.17) is 4.42 Å². The lowest BCUT2D eigenvalue weighted by molar-refractivity contribution is -0.130. The highest BCUT2D eigenvalue weighted by atomic mass is 19.1. The summed E-state index contributed by atoms with van der Waals surface area (Å²) < 4.78 is 19.3. The lowest BCUT2D eigenvalue weighted by atomic mass is 10.1. The van der Waals surface area contributed by atoms with Crippen molar-refractivity contribution in [3.05, 3.63) is 24.0 Å². The van der Waals surface area contributed by atoms with Gasteiger partial charge in [0.05, 0.1) is 12.0 Å². The van der Waals surface area contributed by atoms with Crippen LogP contribution < -0.4 is 10.2 Å². The normalized spacial score (nSPS) is 21.4. The molecule has 1 N–H and O–H groups in total. The molecule has 0 bridgehead atoms. The molecule has 1 aromatic heterocycles. The molecule has 1 aromatic carbocycles. The Hall–Kier alpha value is -2.64. The fraction of sp³-hybridized carbons (Fsp3) is 0.438. The van der Waals surface area contributed by atoms with E-state index in [1.807, 2.05) is 4.90 Å². The van der Waals surface area contributed by atoms with Crippen LogP contribution in [0.4, 0.5) is 10.4 Å². The molecule has 7 nitrogen and oxygen atoms in total. The van der Waals surface area contributed by atoms with E-state index in [2.05, 4.69) is 10.3 Å². The van der Waals surface area contributed by atoms with Gasteiger partial charge in [0, 0.05) is 33.1 Å². The number of para-hydroxylation sites is 1. The predicted octanol–water partition coefficient (Wildman–Crippen LogP) is 0.750. The van der Waals surface area contributed by atoms with Crippen molar-refractivity contribution < 1.29 is 18.4 Å². The molecule has 126 valence electrons. The van der Waals surface area contributed by atoms with Gasteiger partial charge in [-0.3, -0.25) is 9.59 Å². The third-order valence-corrected chi connectivity index (χ3v) is 4.71. The molecule has 2 aliphatic rings. The highest BCUT2D eigenvalue weighted by molar-refractivity contribution is 5.89. The number of rotatable bonds is 3. The summed E-state index contributed by atoms with van der Waals surface area (Å²) in [7, 11) is 1.58. The minimum Gasteiger partial charge on any atom is -0.423 e. The van der Waals surface area contributed by atoms with Crippen LogP contribution in [0.2, 0.25) is 0 Å². The Morgan fingerprint density at radius 3 is 2.88 bits per heavy atom. The molecular formula is C16H17FN4O3. The molecule has 1 unspecified atom stereocenters. The van der Waals surface area contributed by atoms with Crippen LogP contribution in [0.25, 0.3) is 11.1 Å². The number of carbonyl (C=O) groups excluding carboxylic acids is 2. The lowest BCUT2D eigenvalue weighted by Crippen LogP contribution is -2.60. The fourth-order valence-electron chi connectivity index (χ4n) is 3.31. The van der Waals surface area contributed by atoms with Crippen molar-refractivity contribution in [2.75, 3.05) is 31.6 Å². The zero-order valence-electron chi connectivity index (χ0n) is 13.2. The van der Waals surface area contributed by atoms with Gasteiger partial charge in [0.2, 0.25) is 11.8 Å². The van der Waals surface area contributed by atoms with Crippen LogP contribution in [0.3, 0.4) is 0 Å². The molecule has 2 aliphatic heterocycles. The van der Waals surface area contributed by atoms with Crippen LogP contribution in [0, 0.1) is 11.7 Å². The summed E-state index contributed by atoms with van der Waals surface area (Å²) >= 11 is 0. The molecule has 0 aliphatic carbocycles. The Bertz CT molecular complexity index is 815. The third-order valence-electron chi connectivity index (χ3n) is 4.71. The van der Waals surface area contributed by atoms with E-state index in [0.29, 0.717) is 31.2 Å². The number of carbonyl (C=O) groups is 2. The van der Waals surface area contributed by atoms with Crippen molar-refractivity contribution in [3.8, 4) is 0 Å². The Labute approximate surface area is 137 Å². The molecule has 1 atom stereocenters. The number of hydrogen-bond acceptors (Lipinski definition) is 5. The molecule has 2 aromatic rings. The number of fused-ring (bicyclic) bond motifs is 1. The van der Waals surface area contributed by atoms with Crippen LogP contribution in [-0.4, -0.2) is 54.4 Å². The van der Waals surface area contributed by atoms with Gasteiger partial charge >= 0.3 is 0 Å². The number of aromatic nitrogens is 1. The molecule has 2 saturated heterocycles. The first kappa shape index (κ1) is 14.9. The van der Waals surface area contributed by atoms with Gasteiger partial charge in [-0.15, -0.1) is 0 Å². The van der Waals surface area contributed by atoms with Crippen LogP contribution in [0.5, 0.6) is 0 Å². The monoisotopic (exact) mass is 332 g/mol. The number of oxazole rings is 1. The first-order valence-corrected chi connectivity index (χ1v) is 7.88. The van der Waals surface area contributed by atoms with Crippen molar-refractivity contribution in [2.45, 2.75) is 12.5 Å². The quantitative estimate of drug-likeness (QED) is 0.897. The van der Waals surface area contributed by atoms with Gasteiger partial charge in [0.15, 0.2) is 11.4 Å². The Morgan fingerprint density at radius 2 is 2.17 bits per heavy atom. The number of nitrogens with zero attached hydrogens (tertiary/aromatic N) is 3. The number of benzene rings is 1. The van der Waals surface area contributed by atoms with Gasteiger partial charge in [0.1, 0.15) is 5.52 Å². The van der Waals surface area contributed by atoms with E-state index >= 15 is 0 Å². The van der Waals surface area contributed by atoms with Gasteiger partial charge in [-0.2, -0.15) is 4.98 Å². The summed E-state index contributed by atoms with van der Waals surface area (Å²) in [4.78, 5) is 31.6. The van der Waals surface area contributed by atoms with E-state index in [-0.39, 0.29) is 35.7 Å². The van der Waals surface area contributed by atoms with Gasteiger partial charge in [0.25, 0.3) is 6.01 Å². The van der Waals surface area contributed by atoms with Crippen LogP contribution in [-0.2, 0) is 9.59 Å². The molecule has 2 amide bonds. The average molecular weight is 332 g/mol. The maximum absolute atomic E-state index is 13.7. The topological polar surface area (TPSA) is 78.7 Å².